The second-order valence-electron chi connectivity index (χ2n) is 6.74. The van der Waals surface area contributed by atoms with Crippen LogP contribution < -0.4 is 0 Å². The Hall–Kier alpha value is -0.710. The Labute approximate surface area is 149 Å². The van der Waals surface area contributed by atoms with E-state index in [2.05, 4.69) is 0 Å². The zero-order valence-corrected chi connectivity index (χ0v) is 16.3. The van der Waals surface area contributed by atoms with Crippen LogP contribution in [0.5, 0.6) is 0 Å². The summed E-state index contributed by atoms with van der Waals surface area (Å²) in [5.74, 6) is -0.770. The third-order valence-corrected chi connectivity index (χ3v) is 5.65. The highest BCUT2D eigenvalue weighted by Gasteiger charge is 2.57. The smallest absolute Gasteiger partial charge is 0.269 e. The molecule has 2 fully saturated rings. The Morgan fingerprint density at radius 3 is 2.48 bits per heavy atom. The lowest BCUT2D eigenvalue weighted by molar-refractivity contribution is -0.229. The largest absolute Gasteiger partial charge is 0.493 e. The summed E-state index contributed by atoms with van der Waals surface area (Å²) in [5, 5.41) is -0.649. The van der Waals surface area contributed by atoms with Gasteiger partial charge in [0.2, 0.25) is 0 Å². The van der Waals surface area contributed by atoms with E-state index in [0.717, 1.165) is 0 Å². The maximum atomic E-state index is 11.9. The van der Waals surface area contributed by atoms with Crippen LogP contribution in [0.15, 0.2) is 12.3 Å². The fraction of sp³-hybridized carbons (Fsp3) is 0.875. The Morgan fingerprint density at radius 2 is 1.92 bits per heavy atom. The molecule has 9 heteroatoms. The van der Waals surface area contributed by atoms with Crippen molar-refractivity contribution >= 4 is 10.1 Å². The summed E-state index contributed by atoms with van der Waals surface area (Å²) in [6, 6.07) is 0. The van der Waals surface area contributed by atoms with E-state index < -0.39 is 51.9 Å². The normalized spacial score (nSPS) is 33.1. The van der Waals surface area contributed by atoms with E-state index in [9.17, 15) is 8.42 Å². The van der Waals surface area contributed by atoms with E-state index in [1.165, 1.54) is 13.4 Å². The van der Waals surface area contributed by atoms with Crippen molar-refractivity contribution in [1.82, 2.24) is 0 Å². The number of fused-ring (bicyclic) bond motifs is 1. The quantitative estimate of drug-likeness (QED) is 0.463. The maximum absolute atomic E-state index is 11.9. The molecular formula is C16H28O8S. The molecule has 2 saturated heterocycles. The molecule has 0 saturated carbocycles. The lowest BCUT2D eigenvalue weighted by Gasteiger charge is -2.29. The summed E-state index contributed by atoms with van der Waals surface area (Å²) >= 11 is 0. The van der Waals surface area contributed by atoms with Gasteiger partial charge in [-0.05, 0) is 34.6 Å². The van der Waals surface area contributed by atoms with Crippen molar-refractivity contribution in [3.63, 3.8) is 0 Å². The second kappa shape index (κ2) is 7.89. The van der Waals surface area contributed by atoms with Crippen molar-refractivity contribution in [2.45, 2.75) is 76.4 Å². The molecule has 0 bridgehead atoms. The first kappa shape index (κ1) is 20.6. The number of methoxy groups -OCH3 is 1. The van der Waals surface area contributed by atoms with Crippen LogP contribution >= 0.6 is 0 Å². The average molecular weight is 380 g/mol. The molecule has 5 atom stereocenters. The zero-order valence-electron chi connectivity index (χ0n) is 15.5. The highest BCUT2D eigenvalue weighted by molar-refractivity contribution is 7.87. The van der Waals surface area contributed by atoms with Gasteiger partial charge in [-0.15, -0.1) is 0 Å². The first-order chi connectivity index (χ1) is 11.6. The molecule has 2 heterocycles. The van der Waals surface area contributed by atoms with Gasteiger partial charge in [-0.25, -0.2) is 0 Å². The van der Waals surface area contributed by atoms with Crippen LogP contribution in [-0.4, -0.2) is 63.9 Å². The van der Waals surface area contributed by atoms with Gasteiger partial charge >= 0.3 is 0 Å². The van der Waals surface area contributed by atoms with Gasteiger partial charge in [0, 0.05) is 7.11 Å². The predicted molar refractivity (Wildman–Crippen MR) is 89.2 cm³/mol. The molecule has 2 rings (SSSR count). The minimum Gasteiger partial charge on any atom is -0.493 e. The molecule has 0 aromatic rings. The van der Waals surface area contributed by atoms with Crippen molar-refractivity contribution < 1.29 is 36.3 Å². The number of hydrogen-bond donors (Lipinski definition) is 0. The topological polar surface area (TPSA) is 89.5 Å². The SMILES string of the molecule is C/C=C\O[C@H](COS(=O)(=O)C(C)C)[C@H]1O[C@@H]2OC(C)(C)O[C@@H]2[C@H]1OC. The number of ether oxygens (including phenoxy) is 5. The molecule has 0 radical (unpaired) electrons. The molecule has 0 spiro atoms. The van der Waals surface area contributed by atoms with Gasteiger partial charge in [0.15, 0.2) is 18.2 Å². The second-order valence-corrected chi connectivity index (χ2v) is 8.90. The van der Waals surface area contributed by atoms with Crippen molar-refractivity contribution in [3.8, 4) is 0 Å². The Kier molecular flexibility index (Phi) is 6.50. The van der Waals surface area contributed by atoms with Crippen LogP contribution in [0, 0.1) is 0 Å². The van der Waals surface area contributed by atoms with Crippen molar-refractivity contribution in [3.05, 3.63) is 12.3 Å². The zero-order chi connectivity index (χ0) is 18.8. The lowest BCUT2D eigenvalue weighted by atomic mass is 10.1. The highest BCUT2D eigenvalue weighted by Crippen LogP contribution is 2.40. The summed E-state index contributed by atoms with van der Waals surface area (Å²) < 4.78 is 57.6. The van der Waals surface area contributed by atoms with Gasteiger partial charge in [-0.3, -0.25) is 4.18 Å². The first-order valence-corrected chi connectivity index (χ1v) is 9.77. The molecule has 25 heavy (non-hydrogen) atoms. The molecule has 0 aliphatic carbocycles. The van der Waals surface area contributed by atoms with E-state index in [-0.39, 0.29) is 6.61 Å². The van der Waals surface area contributed by atoms with Crippen LogP contribution in [0.4, 0.5) is 0 Å². The third kappa shape index (κ3) is 4.72. The molecule has 0 unspecified atom stereocenters. The molecule has 0 N–H and O–H groups in total. The number of rotatable bonds is 8. The fourth-order valence-electron chi connectivity index (χ4n) is 2.76. The van der Waals surface area contributed by atoms with E-state index in [0.29, 0.717) is 0 Å². The van der Waals surface area contributed by atoms with Gasteiger partial charge < -0.3 is 23.7 Å². The highest BCUT2D eigenvalue weighted by atomic mass is 32.2. The van der Waals surface area contributed by atoms with Crippen molar-refractivity contribution in [2.24, 2.45) is 0 Å². The van der Waals surface area contributed by atoms with Crippen LogP contribution in [0.1, 0.15) is 34.6 Å². The molecule has 2 aliphatic heterocycles. The van der Waals surface area contributed by atoms with Crippen molar-refractivity contribution in [2.75, 3.05) is 13.7 Å². The van der Waals surface area contributed by atoms with E-state index in [4.69, 9.17) is 27.9 Å². The van der Waals surface area contributed by atoms with E-state index in [1.54, 1.807) is 40.7 Å². The summed E-state index contributed by atoms with van der Waals surface area (Å²) in [6.07, 6.45) is 0.341. The number of hydrogen-bond acceptors (Lipinski definition) is 8. The van der Waals surface area contributed by atoms with Crippen LogP contribution in [0.25, 0.3) is 0 Å². The van der Waals surface area contributed by atoms with Gasteiger partial charge in [0.1, 0.15) is 24.9 Å². The average Bonchev–Trinajstić information content (AvgIpc) is 2.98. The van der Waals surface area contributed by atoms with Crippen LogP contribution in [0.3, 0.4) is 0 Å². The summed E-state index contributed by atoms with van der Waals surface area (Å²) in [5.41, 5.74) is 0. The minimum absolute atomic E-state index is 0.196. The fourth-order valence-corrected chi connectivity index (χ4v) is 3.36. The predicted octanol–water partition coefficient (Wildman–Crippen LogP) is 1.55. The van der Waals surface area contributed by atoms with Gasteiger partial charge in [0.25, 0.3) is 10.1 Å². The monoisotopic (exact) mass is 380 g/mol. The first-order valence-electron chi connectivity index (χ1n) is 8.30. The summed E-state index contributed by atoms with van der Waals surface area (Å²) in [6.45, 7) is 8.28. The molecule has 8 nitrogen and oxygen atoms in total. The Balaban J connectivity index is 2.12. The third-order valence-electron chi connectivity index (χ3n) is 4.03. The van der Waals surface area contributed by atoms with Crippen LogP contribution in [0.2, 0.25) is 0 Å². The lowest BCUT2D eigenvalue weighted by Crippen LogP contribution is -2.45. The van der Waals surface area contributed by atoms with E-state index in [1.807, 2.05) is 0 Å². The molecule has 0 aromatic carbocycles. The summed E-state index contributed by atoms with van der Waals surface area (Å²) in [4.78, 5) is 0. The Morgan fingerprint density at radius 1 is 1.24 bits per heavy atom. The molecule has 0 amide bonds. The standard InChI is InChI=1S/C16H28O8S/c1-7-8-20-11(9-21-25(17,18)10(2)3)12-13(19-6)14-15(22-12)24-16(4,5)23-14/h7-8,10-15H,9H2,1-6H3/b8-7-/t11-,12-,13+,14-,15-/m1/s1. The van der Waals surface area contributed by atoms with Crippen molar-refractivity contribution in [1.29, 1.82) is 0 Å². The van der Waals surface area contributed by atoms with E-state index >= 15 is 0 Å². The molecule has 0 aromatic heterocycles. The van der Waals surface area contributed by atoms with Gasteiger partial charge in [-0.1, -0.05) is 6.08 Å². The Bertz CT molecular complexity index is 571. The molecular weight excluding hydrogens is 352 g/mol. The molecule has 2 aliphatic rings. The number of allylic oxidation sites excluding steroid dienone is 1. The van der Waals surface area contributed by atoms with Gasteiger partial charge in [0.05, 0.1) is 11.5 Å². The molecule has 146 valence electrons. The maximum Gasteiger partial charge on any atom is 0.269 e. The van der Waals surface area contributed by atoms with Crippen LogP contribution in [-0.2, 0) is 38.0 Å². The van der Waals surface area contributed by atoms with Gasteiger partial charge in [-0.2, -0.15) is 8.42 Å². The summed E-state index contributed by atoms with van der Waals surface area (Å²) in [7, 11) is -2.13. The minimum atomic E-state index is -3.67.